The molecule has 1 aromatic carbocycles. The van der Waals surface area contributed by atoms with Gasteiger partial charge in [-0.05, 0) is 18.2 Å². The highest BCUT2D eigenvalue weighted by Gasteiger charge is 2.16. The van der Waals surface area contributed by atoms with E-state index >= 15 is 0 Å². The topological polar surface area (TPSA) is 71.2 Å². The average Bonchev–Trinajstić information content (AvgIpc) is 2.98. The predicted octanol–water partition coefficient (Wildman–Crippen LogP) is 1.52. The van der Waals surface area contributed by atoms with Crippen molar-refractivity contribution in [1.82, 2.24) is 10.3 Å². The molecule has 0 fully saturated rings. The minimum atomic E-state index is -0.645. The van der Waals surface area contributed by atoms with Gasteiger partial charge in [0.1, 0.15) is 5.75 Å². The Kier molecular flexibility index (Phi) is 3.97. The van der Waals surface area contributed by atoms with Crippen LogP contribution >= 0.6 is 0 Å². The van der Waals surface area contributed by atoms with Gasteiger partial charge in [0.2, 0.25) is 0 Å². The molecule has 2 N–H and O–H groups in total. The highest BCUT2D eigenvalue weighted by molar-refractivity contribution is 6.42. The number of benzene rings is 1. The molecule has 0 saturated carbocycles. The molecule has 5 nitrogen and oxygen atoms in total. The Hall–Kier alpha value is -2.56. The molecule has 0 aliphatic rings. The number of ketones is 1. The van der Waals surface area contributed by atoms with Crippen molar-refractivity contribution in [3.63, 3.8) is 0 Å². The molecule has 0 saturated heterocycles. The first kappa shape index (κ1) is 12.9. The van der Waals surface area contributed by atoms with Crippen LogP contribution in [-0.2, 0) is 11.3 Å². The van der Waals surface area contributed by atoms with Crippen LogP contribution in [0.25, 0.3) is 0 Å². The molecule has 1 heterocycles. The molecule has 0 unspecified atom stereocenters. The monoisotopic (exact) mass is 258 g/mol. The Morgan fingerprint density at radius 3 is 2.68 bits per heavy atom. The van der Waals surface area contributed by atoms with E-state index in [1.54, 1.807) is 31.5 Å². The van der Waals surface area contributed by atoms with Crippen molar-refractivity contribution in [2.75, 3.05) is 7.11 Å². The summed E-state index contributed by atoms with van der Waals surface area (Å²) in [6, 6.07) is 10.5. The smallest absolute Gasteiger partial charge is 0.294 e. The van der Waals surface area contributed by atoms with E-state index in [0.717, 1.165) is 5.56 Å². The summed E-state index contributed by atoms with van der Waals surface area (Å²) in [7, 11) is 1.56. The second kappa shape index (κ2) is 5.86. The lowest BCUT2D eigenvalue weighted by atomic mass is 10.2. The normalized spacial score (nSPS) is 9.95. The van der Waals surface area contributed by atoms with Gasteiger partial charge in [-0.15, -0.1) is 0 Å². The number of Topliss-reactive ketones (excluding diaryl/α,β-unsaturated/α-hetero) is 1. The van der Waals surface area contributed by atoms with Gasteiger partial charge < -0.3 is 15.0 Å². The third-order valence-corrected chi connectivity index (χ3v) is 2.68. The molecule has 0 bridgehead atoms. The zero-order valence-corrected chi connectivity index (χ0v) is 10.5. The van der Waals surface area contributed by atoms with Crippen molar-refractivity contribution in [2.45, 2.75) is 6.54 Å². The second-order valence-corrected chi connectivity index (χ2v) is 3.91. The summed E-state index contributed by atoms with van der Waals surface area (Å²) in [5.74, 6) is -0.552. The van der Waals surface area contributed by atoms with E-state index in [0.29, 0.717) is 5.75 Å². The molecule has 0 aliphatic carbocycles. The summed E-state index contributed by atoms with van der Waals surface area (Å²) in [6.45, 7) is 0.245. The minimum Gasteiger partial charge on any atom is -0.496 e. The van der Waals surface area contributed by atoms with E-state index in [9.17, 15) is 9.59 Å². The number of H-pyrrole nitrogens is 1. The summed E-state index contributed by atoms with van der Waals surface area (Å²) in [5.41, 5.74) is 1.09. The van der Waals surface area contributed by atoms with E-state index in [1.807, 2.05) is 18.2 Å². The zero-order valence-electron chi connectivity index (χ0n) is 10.5. The first-order valence-corrected chi connectivity index (χ1v) is 5.80. The minimum absolute atomic E-state index is 0.245. The van der Waals surface area contributed by atoms with Crippen LogP contribution in [0.2, 0.25) is 0 Å². The van der Waals surface area contributed by atoms with Gasteiger partial charge in [-0.1, -0.05) is 18.2 Å². The number of carbonyl (C=O) groups is 2. The molecule has 2 aromatic rings. The number of hydrogen-bond donors (Lipinski definition) is 2. The largest absolute Gasteiger partial charge is 0.496 e. The standard InChI is InChI=1S/C14H14N2O3/c1-19-12-7-3-2-5-10(12)9-16-14(18)13(17)11-6-4-8-15-11/h2-8,15H,9H2,1H3,(H,16,18). The fraction of sp³-hybridized carbons (Fsp3) is 0.143. The van der Waals surface area contributed by atoms with E-state index in [4.69, 9.17) is 4.74 Å². The molecule has 1 amide bonds. The summed E-state index contributed by atoms with van der Waals surface area (Å²) >= 11 is 0. The molecular weight excluding hydrogens is 244 g/mol. The Balaban J connectivity index is 1.99. The van der Waals surface area contributed by atoms with Crippen molar-refractivity contribution >= 4 is 11.7 Å². The van der Waals surface area contributed by atoms with Gasteiger partial charge in [0.25, 0.3) is 11.7 Å². The highest BCUT2D eigenvalue weighted by atomic mass is 16.5. The van der Waals surface area contributed by atoms with Gasteiger partial charge >= 0.3 is 0 Å². The van der Waals surface area contributed by atoms with Crippen molar-refractivity contribution < 1.29 is 14.3 Å². The maximum absolute atomic E-state index is 11.7. The van der Waals surface area contributed by atoms with Crippen LogP contribution < -0.4 is 10.1 Å². The lowest BCUT2D eigenvalue weighted by Gasteiger charge is -2.08. The first-order valence-electron chi connectivity index (χ1n) is 5.80. The molecule has 2 rings (SSSR count). The molecule has 5 heteroatoms. The number of nitrogens with one attached hydrogen (secondary N) is 2. The first-order chi connectivity index (χ1) is 9.22. The quantitative estimate of drug-likeness (QED) is 0.631. The lowest BCUT2D eigenvalue weighted by molar-refractivity contribution is -0.117. The number of aromatic amines is 1. The fourth-order valence-corrected chi connectivity index (χ4v) is 1.70. The Morgan fingerprint density at radius 2 is 2.00 bits per heavy atom. The third kappa shape index (κ3) is 3.01. The number of hydrogen-bond acceptors (Lipinski definition) is 3. The number of ether oxygens (including phenoxy) is 1. The van der Waals surface area contributed by atoms with Gasteiger partial charge in [-0.2, -0.15) is 0 Å². The zero-order chi connectivity index (χ0) is 13.7. The molecule has 0 atom stereocenters. The Bertz CT molecular complexity index is 576. The molecular formula is C14H14N2O3. The Labute approximate surface area is 110 Å². The van der Waals surface area contributed by atoms with Crippen LogP contribution in [0.5, 0.6) is 5.75 Å². The van der Waals surface area contributed by atoms with Gasteiger partial charge in [0.05, 0.1) is 12.8 Å². The van der Waals surface area contributed by atoms with E-state index in [1.165, 1.54) is 0 Å². The average molecular weight is 258 g/mol. The van der Waals surface area contributed by atoms with Gasteiger partial charge in [0.15, 0.2) is 0 Å². The van der Waals surface area contributed by atoms with Crippen LogP contribution in [0.3, 0.4) is 0 Å². The summed E-state index contributed by atoms with van der Waals surface area (Å²) in [4.78, 5) is 26.1. The predicted molar refractivity (Wildman–Crippen MR) is 70.0 cm³/mol. The van der Waals surface area contributed by atoms with E-state index in [2.05, 4.69) is 10.3 Å². The number of aromatic nitrogens is 1. The van der Waals surface area contributed by atoms with Gasteiger partial charge in [-0.3, -0.25) is 9.59 Å². The van der Waals surface area contributed by atoms with Crippen LogP contribution in [0.4, 0.5) is 0 Å². The maximum atomic E-state index is 11.7. The molecule has 0 aliphatic heterocycles. The summed E-state index contributed by atoms with van der Waals surface area (Å²) < 4.78 is 5.17. The van der Waals surface area contributed by atoms with E-state index in [-0.39, 0.29) is 12.2 Å². The highest BCUT2D eigenvalue weighted by Crippen LogP contribution is 2.16. The molecule has 0 spiro atoms. The lowest BCUT2D eigenvalue weighted by Crippen LogP contribution is -2.30. The third-order valence-electron chi connectivity index (χ3n) is 2.68. The van der Waals surface area contributed by atoms with Crippen LogP contribution in [0.15, 0.2) is 42.6 Å². The number of amides is 1. The number of rotatable bonds is 5. The van der Waals surface area contributed by atoms with Gasteiger partial charge in [0, 0.05) is 18.3 Å². The van der Waals surface area contributed by atoms with Crippen molar-refractivity contribution in [2.24, 2.45) is 0 Å². The van der Waals surface area contributed by atoms with E-state index < -0.39 is 11.7 Å². The van der Waals surface area contributed by atoms with Crippen molar-refractivity contribution in [3.8, 4) is 5.75 Å². The number of carbonyl (C=O) groups excluding carboxylic acids is 2. The summed E-state index contributed by atoms with van der Waals surface area (Å²) in [6.07, 6.45) is 1.60. The van der Waals surface area contributed by atoms with Gasteiger partial charge in [-0.25, -0.2) is 0 Å². The molecule has 19 heavy (non-hydrogen) atoms. The molecule has 98 valence electrons. The van der Waals surface area contributed by atoms with Crippen LogP contribution in [-0.4, -0.2) is 23.8 Å². The maximum Gasteiger partial charge on any atom is 0.294 e. The van der Waals surface area contributed by atoms with Crippen molar-refractivity contribution in [3.05, 3.63) is 53.9 Å². The fourth-order valence-electron chi connectivity index (χ4n) is 1.70. The SMILES string of the molecule is COc1ccccc1CNC(=O)C(=O)c1ccc[nH]1. The second-order valence-electron chi connectivity index (χ2n) is 3.91. The summed E-state index contributed by atoms with van der Waals surface area (Å²) in [5, 5.41) is 2.57. The molecule has 0 radical (unpaired) electrons. The van der Waals surface area contributed by atoms with Crippen LogP contribution in [0, 0.1) is 0 Å². The van der Waals surface area contributed by atoms with Crippen LogP contribution in [0.1, 0.15) is 16.1 Å². The Morgan fingerprint density at radius 1 is 1.21 bits per heavy atom. The number of para-hydroxylation sites is 1. The molecule has 1 aromatic heterocycles. The number of methoxy groups -OCH3 is 1. The van der Waals surface area contributed by atoms with Crippen molar-refractivity contribution in [1.29, 1.82) is 0 Å².